The summed E-state index contributed by atoms with van der Waals surface area (Å²) in [5.74, 6) is -3.56. The molecule has 27 heavy (non-hydrogen) atoms. The Morgan fingerprint density at radius 2 is 1.56 bits per heavy atom. The van der Waals surface area contributed by atoms with E-state index in [4.69, 9.17) is 10.2 Å². The van der Waals surface area contributed by atoms with E-state index in [1.165, 1.54) is 12.1 Å². The van der Waals surface area contributed by atoms with Gasteiger partial charge in [-0.05, 0) is 29.3 Å². The van der Waals surface area contributed by atoms with Crippen LogP contribution in [0.1, 0.15) is 38.3 Å². The topological polar surface area (TPSA) is 115 Å². The van der Waals surface area contributed by atoms with Gasteiger partial charge >= 0.3 is 17.9 Å². The number of benzene rings is 2. The molecule has 0 atom stereocenters. The third-order valence-electron chi connectivity index (χ3n) is 3.94. The Balaban J connectivity index is 2.27. The Labute approximate surface area is 164 Å². The molecule has 7 nitrogen and oxygen atoms in total. The van der Waals surface area contributed by atoms with Crippen molar-refractivity contribution in [1.82, 2.24) is 4.90 Å². The van der Waals surface area contributed by atoms with Gasteiger partial charge in [-0.1, -0.05) is 40.2 Å². The molecule has 0 unspecified atom stereocenters. The molecule has 2 aromatic rings. The van der Waals surface area contributed by atoms with Crippen LogP contribution in [0.25, 0.3) is 0 Å². The third kappa shape index (κ3) is 5.90. The molecular formula is C19H18BrNO6. The van der Waals surface area contributed by atoms with E-state index in [1.54, 1.807) is 6.07 Å². The SMILES string of the molecule is O=C(O)CCN(Cc1ccc(C(=O)O)c(C(=O)O)c1)Cc1ccccc1Br. The van der Waals surface area contributed by atoms with E-state index in [9.17, 15) is 19.5 Å². The lowest BCUT2D eigenvalue weighted by Crippen LogP contribution is -2.26. The first kappa shape index (κ1) is 20.6. The first-order chi connectivity index (χ1) is 12.8. The van der Waals surface area contributed by atoms with Gasteiger partial charge in [-0.2, -0.15) is 0 Å². The van der Waals surface area contributed by atoms with E-state index in [-0.39, 0.29) is 30.6 Å². The first-order valence-corrected chi connectivity index (χ1v) is 8.84. The lowest BCUT2D eigenvalue weighted by Gasteiger charge is -2.23. The van der Waals surface area contributed by atoms with Gasteiger partial charge in [0.05, 0.1) is 17.5 Å². The average Bonchev–Trinajstić information content (AvgIpc) is 2.61. The Morgan fingerprint density at radius 3 is 2.15 bits per heavy atom. The second-order valence-corrected chi connectivity index (χ2v) is 6.79. The highest BCUT2D eigenvalue weighted by molar-refractivity contribution is 9.10. The van der Waals surface area contributed by atoms with Gasteiger partial charge in [-0.3, -0.25) is 9.69 Å². The molecule has 2 aromatic carbocycles. The number of halogens is 1. The number of hydrogen-bond acceptors (Lipinski definition) is 4. The number of carboxylic acids is 3. The molecule has 0 fully saturated rings. The highest BCUT2D eigenvalue weighted by atomic mass is 79.9. The van der Waals surface area contributed by atoms with Crippen molar-refractivity contribution in [2.24, 2.45) is 0 Å². The Hall–Kier alpha value is -2.71. The van der Waals surface area contributed by atoms with Crippen LogP contribution in [0.15, 0.2) is 46.9 Å². The quantitative estimate of drug-likeness (QED) is 0.553. The van der Waals surface area contributed by atoms with Crippen LogP contribution < -0.4 is 0 Å². The zero-order chi connectivity index (χ0) is 20.0. The maximum atomic E-state index is 11.4. The van der Waals surface area contributed by atoms with Crippen molar-refractivity contribution in [3.05, 3.63) is 69.2 Å². The van der Waals surface area contributed by atoms with Gasteiger partial charge in [0, 0.05) is 24.1 Å². The van der Waals surface area contributed by atoms with E-state index < -0.39 is 17.9 Å². The van der Waals surface area contributed by atoms with E-state index in [0.717, 1.165) is 10.0 Å². The van der Waals surface area contributed by atoms with Crippen LogP contribution in [0.4, 0.5) is 0 Å². The van der Waals surface area contributed by atoms with Crippen molar-refractivity contribution >= 4 is 33.8 Å². The molecule has 0 radical (unpaired) electrons. The molecule has 2 rings (SSSR count). The number of aromatic carboxylic acids is 2. The van der Waals surface area contributed by atoms with Crippen LogP contribution >= 0.6 is 15.9 Å². The zero-order valence-electron chi connectivity index (χ0n) is 14.3. The lowest BCUT2D eigenvalue weighted by molar-refractivity contribution is -0.137. The number of carbonyl (C=O) groups is 3. The smallest absolute Gasteiger partial charge is 0.336 e. The molecule has 0 spiro atoms. The molecule has 0 aliphatic carbocycles. The van der Waals surface area contributed by atoms with Crippen LogP contribution in [-0.4, -0.2) is 44.7 Å². The zero-order valence-corrected chi connectivity index (χ0v) is 15.8. The third-order valence-corrected chi connectivity index (χ3v) is 4.72. The lowest BCUT2D eigenvalue weighted by atomic mass is 10.0. The number of carboxylic acid groups (broad SMARTS) is 3. The van der Waals surface area contributed by atoms with Gasteiger partial charge < -0.3 is 15.3 Å². The maximum Gasteiger partial charge on any atom is 0.336 e. The summed E-state index contributed by atoms with van der Waals surface area (Å²) in [5, 5.41) is 27.4. The molecule has 0 amide bonds. The van der Waals surface area contributed by atoms with Gasteiger partial charge in [0.15, 0.2) is 0 Å². The molecule has 0 aliphatic heterocycles. The summed E-state index contributed by atoms with van der Waals surface area (Å²) < 4.78 is 0.887. The van der Waals surface area contributed by atoms with E-state index >= 15 is 0 Å². The summed E-state index contributed by atoms with van der Waals surface area (Å²) in [4.78, 5) is 35.4. The number of rotatable bonds is 9. The van der Waals surface area contributed by atoms with Crippen molar-refractivity contribution in [3.8, 4) is 0 Å². The second kappa shape index (κ2) is 9.29. The summed E-state index contributed by atoms with van der Waals surface area (Å²) >= 11 is 3.46. The molecule has 0 saturated carbocycles. The number of hydrogen-bond donors (Lipinski definition) is 3. The van der Waals surface area contributed by atoms with Crippen LogP contribution in [0.2, 0.25) is 0 Å². The van der Waals surface area contributed by atoms with Gasteiger partial charge in [0.2, 0.25) is 0 Å². The Morgan fingerprint density at radius 1 is 0.889 bits per heavy atom. The van der Waals surface area contributed by atoms with Crippen molar-refractivity contribution < 1.29 is 29.7 Å². The highest BCUT2D eigenvalue weighted by Crippen LogP contribution is 2.20. The Kier molecular flexibility index (Phi) is 7.09. The summed E-state index contributed by atoms with van der Waals surface area (Å²) in [7, 11) is 0. The fourth-order valence-electron chi connectivity index (χ4n) is 2.65. The minimum Gasteiger partial charge on any atom is -0.481 e. The molecule has 0 aliphatic rings. The van der Waals surface area contributed by atoms with Gasteiger partial charge in [0.1, 0.15) is 0 Å². The average molecular weight is 436 g/mol. The van der Waals surface area contributed by atoms with Crippen molar-refractivity contribution in [1.29, 1.82) is 0 Å². The maximum absolute atomic E-state index is 11.4. The minimum atomic E-state index is -1.32. The molecule has 8 heteroatoms. The van der Waals surface area contributed by atoms with E-state index in [1.807, 2.05) is 29.2 Å². The predicted molar refractivity (Wildman–Crippen MR) is 101 cm³/mol. The fraction of sp³-hybridized carbons (Fsp3) is 0.211. The highest BCUT2D eigenvalue weighted by Gasteiger charge is 2.18. The van der Waals surface area contributed by atoms with Crippen LogP contribution in [0.3, 0.4) is 0 Å². The molecule has 142 valence electrons. The van der Waals surface area contributed by atoms with Gasteiger partial charge in [0.25, 0.3) is 0 Å². The molecule has 0 aromatic heterocycles. The minimum absolute atomic E-state index is 0.0660. The van der Waals surface area contributed by atoms with E-state index in [2.05, 4.69) is 15.9 Å². The standard InChI is InChI=1S/C19H18BrNO6/c20-16-4-2-1-3-13(16)11-21(8-7-17(22)23)10-12-5-6-14(18(24)25)15(9-12)19(26)27/h1-6,9H,7-8,10-11H2,(H,22,23)(H,24,25)(H,26,27). The van der Waals surface area contributed by atoms with Crippen molar-refractivity contribution in [2.75, 3.05) is 6.54 Å². The number of aliphatic carboxylic acids is 1. The molecular weight excluding hydrogens is 418 g/mol. The van der Waals surface area contributed by atoms with Crippen molar-refractivity contribution in [2.45, 2.75) is 19.5 Å². The first-order valence-electron chi connectivity index (χ1n) is 8.05. The van der Waals surface area contributed by atoms with Gasteiger partial charge in [-0.25, -0.2) is 9.59 Å². The summed E-state index contributed by atoms with van der Waals surface area (Å²) in [6.07, 6.45) is -0.0660. The van der Waals surface area contributed by atoms with Crippen molar-refractivity contribution in [3.63, 3.8) is 0 Å². The van der Waals surface area contributed by atoms with Crippen LogP contribution in [0.5, 0.6) is 0 Å². The summed E-state index contributed by atoms with van der Waals surface area (Å²) in [6, 6.07) is 11.7. The fourth-order valence-corrected chi connectivity index (χ4v) is 3.06. The van der Waals surface area contributed by atoms with Crippen LogP contribution in [-0.2, 0) is 17.9 Å². The second-order valence-electron chi connectivity index (χ2n) is 5.94. The Bertz CT molecular complexity index is 867. The molecule has 0 saturated heterocycles. The van der Waals surface area contributed by atoms with E-state index in [0.29, 0.717) is 12.1 Å². The monoisotopic (exact) mass is 435 g/mol. The number of nitrogens with zero attached hydrogens (tertiary/aromatic N) is 1. The molecule has 0 heterocycles. The summed E-state index contributed by atoms with van der Waals surface area (Å²) in [6.45, 7) is 1.01. The molecule has 0 bridgehead atoms. The normalized spacial score (nSPS) is 10.7. The predicted octanol–water partition coefficient (Wildman–Crippen LogP) is 3.32. The summed E-state index contributed by atoms with van der Waals surface area (Å²) in [5.41, 5.74) is 0.978. The van der Waals surface area contributed by atoms with Gasteiger partial charge in [-0.15, -0.1) is 0 Å². The molecule has 3 N–H and O–H groups in total. The largest absolute Gasteiger partial charge is 0.481 e. The van der Waals surface area contributed by atoms with Crippen LogP contribution in [0, 0.1) is 0 Å².